The fraction of sp³-hybridized carbons (Fsp3) is 0.520. The minimum Gasteiger partial charge on any atom is -0.394 e. The molecule has 0 saturated heterocycles. The molecule has 0 aliphatic heterocycles. The molecule has 0 amide bonds. The number of aliphatic hydroxyl groups is 1. The topological polar surface area (TPSA) is 46.2 Å². The minimum atomic E-state index is -0.359. The first-order valence-electron chi connectivity index (χ1n) is 10.6. The Morgan fingerprint density at radius 3 is 2.63 bits per heavy atom. The van der Waals surface area contributed by atoms with Crippen LogP contribution in [0.3, 0.4) is 0 Å². The molecule has 2 aromatic carbocycles. The molecule has 3 N–H and O–H groups in total. The van der Waals surface area contributed by atoms with Crippen molar-refractivity contribution in [1.82, 2.24) is 0 Å². The number of aryl methyl sites for hydroxylation is 3. The van der Waals surface area contributed by atoms with E-state index in [-0.39, 0.29) is 12.1 Å². The molecule has 0 spiro atoms. The minimum absolute atomic E-state index is 0.108. The van der Waals surface area contributed by atoms with E-state index < -0.39 is 0 Å². The van der Waals surface area contributed by atoms with Gasteiger partial charge in [0.05, 0.1) is 6.61 Å². The quantitative estimate of drug-likeness (QED) is 0.809. The van der Waals surface area contributed by atoms with Gasteiger partial charge >= 0.3 is 0 Å². The molecule has 3 atom stereocenters. The highest BCUT2D eigenvalue weighted by Crippen LogP contribution is 2.40. The number of fused-ring (bicyclic) bond motifs is 1. The van der Waals surface area contributed by atoms with Gasteiger partial charge in [-0.2, -0.15) is 0 Å². The summed E-state index contributed by atoms with van der Waals surface area (Å²) in [5.74, 6) is 1.33. The number of hydrogen-bond acceptors (Lipinski definition) is 2. The van der Waals surface area contributed by atoms with Crippen molar-refractivity contribution in [3.05, 3.63) is 70.3 Å². The molecule has 2 heteroatoms. The van der Waals surface area contributed by atoms with E-state index in [0.29, 0.717) is 5.92 Å². The van der Waals surface area contributed by atoms with Gasteiger partial charge in [0.15, 0.2) is 0 Å². The molecule has 0 aromatic heterocycles. The van der Waals surface area contributed by atoms with Gasteiger partial charge in [-0.25, -0.2) is 0 Å². The van der Waals surface area contributed by atoms with Crippen LogP contribution >= 0.6 is 0 Å². The van der Waals surface area contributed by atoms with E-state index in [1.165, 1.54) is 48.8 Å². The van der Waals surface area contributed by atoms with Gasteiger partial charge in [0, 0.05) is 5.54 Å². The highest BCUT2D eigenvalue weighted by Gasteiger charge is 2.36. The van der Waals surface area contributed by atoms with Crippen molar-refractivity contribution in [1.29, 1.82) is 0 Å². The maximum absolute atomic E-state index is 9.53. The van der Waals surface area contributed by atoms with Gasteiger partial charge in [0.1, 0.15) is 0 Å². The Morgan fingerprint density at radius 2 is 1.89 bits per heavy atom. The summed E-state index contributed by atoms with van der Waals surface area (Å²) >= 11 is 0. The van der Waals surface area contributed by atoms with E-state index in [0.717, 1.165) is 25.2 Å². The second-order valence-corrected chi connectivity index (χ2v) is 9.12. The standard InChI is InChI=1S/C25H33NO/c1-18-2-4-19(5-3-18)6-7-20-8-9-22-15-23(11-10-21(22)14-20)24-12-13-25(26,16-24)17-27/h2-5,10-11,15,20,24,27H,6-9,12-14,16-17,26H2,1H3/t20?,24?,25-/m1/s1. The zero-order valence-electron chi connectivity index (χ0n) is 16.6. The maximum Gasteiger partial charge on any atom is 0.0611 e. The van der Waals surface area contributed by atoms with Crippen LogP contribution in [0, 0.1) is 12.8 Å². The second-order valence-electron chi connectivity index (χ2n) is 9.12. The second kappa shape index (κ2) is 7.77. The number of hydrogen-bond donors (Lipinski definition) is 2. The van der Waals surface area contributed by atoms with E-state index in [2.05, 4.69) is 49.4 Å². The normalized spacial score (nSPS) is 27.5. The fourth-order valence-corrected chi connectivity index (χ4v) is 5.06. The summed E-state index contributed by atoms with van der Waals surface area (Å²) in [5.41, 5.74) is 13.3. The van der Waals surface area contributed by atoms with E-state index in [9.17, 15) is 5.11 Å². The molecule has 2 nitrogen and oxygen atoms in total. The van der Waals surface area contributed by atoms with Gasteiger partial charge < -0.3 is 10.8 Å². The molecule has 4 rings (SSSR count). The fourth-order valence-electron chi connectivity index (χ4n) is 5.06. The molecule has 0 radical (unpaired) electrons. The van der Waals surface area contributed by atoms with Crippen LogP contribution in [0.4, 0.5) is 0 Å². The third-order valence-electron chi connectivity index (χ3n) is 6.95. The predicted molar refractivity (Wildman–Crippen MR) is 112 cm³/mol. The highest BCUT2D eigenvalue weighted by molar-refractivity contribution is 5.36. The summed E-state index contributed by atoms with van der Waals surface area (Å²) in [4.78, 5) is 0. The lowest BCUT2D eigenvalue weighted by Gasteiger charge is -2.26. The Balaban J connectivity index is 1.37. The first-order chi connectivity index (χ1) is 13.0. The molecule has 2 aliphatic carbocycles. The van der Waals surface area contributed by atoms with Crippen molar-refractivity contribution in [2.75, 3.05) is 6.61 Å². The average molecular weight is 364 g/mol. The molecule has 27 heavy (non-hydrogen) atoms. The van der Waals surface area contributed by atoms with Gasteiger partial charge in [-0.3, -0.25) is 0 Å². The molecular weight excluding hydrogens is 330 g/mol. The molecule has 2 aromatic rings. The molecule has 2 unspecified atom stereocenters. The monoisotopic (exact) mass is 363 g/mol. The number of benzene rings is 2. The van der Waals surface area contributed by atoms with Crippen molar-refractivity contribution in [2.24, 2.45) is 11.7 Å². The van der Waals surface area contributed by atoms with Crippen molar-refractivity contribution < 1.29 is 5.11 Å². The smallest absolute Gasteiger partial charge is 0.0611 e. The van der Waals surface area contributed by atoms with E-state index in [1.54, 1.807) is 11.1 Å². The molecule has 144 valence electrons. The van der Waals surface area contributed by atoms with Gasteiger partial charge in [-0.15, -0.1) is 0 Å². The molecule has 1 fully saturated rings. The van der Waals surface area contributed by atoms with Crippen LogP contribution in [0.5, 0.6) is 0 Å². The van der Waals surface area contributed by atoms with Crippen molar-refractivity contribution in [2.45, 2.75) is 69.7 Å². The maximum atomic E-state index is 9.53. The Morgan fingerprint density at radius 1 is 1.07 bits per heavy atom. The lowest BCUT2D eigenvalue weighted by molar-refractivity contribution is 0.198. The van der Waals surface area contributed by atoms with Gasteiger partial charge in [0.2, 0.25) is 0 Å². The van der Waals surface area contributed by atoms with Crippen molar-refractivity contribution >= 4 is 0 Å². The van der Waals surface area contributed by atoms with Crippen LogP contribution in [0.15, 0.2) is 42.5 Å². The third kappa shape index (κ3) is 4.28. The Hall–Kier alpha value is -1.64. The zero-order valence-corrected chi connectivity index (χ0v) is 16.6. The first kappa shape index (κ1) is 18.7. The third-order valence-corrected chi connectivity index (χ3v) is 6.95. The van der Waals surface area contributed by atoms with Gasteiger partial charge in [0.25, 0.3) is 0 Å². The van der Waals surface area contributed by atoms with Crippen LogP contribution in [0.25, 0.3) is 0 Å². The predicted octanol–water partition coefficient (Wildman–Crippen LogP) is 4.69. The average Bonchev–Trinajstić information content (AvgIpc) is 3.10. The summed E-state index contributed by atoms with van der Waals surface area (Å²) in [6.45, 7) is 2.26. The number of nitrogens with two attached hydrogens (primary N) is 1. The van der Waals surface area contributed by atoms with Crippen LogP contribution in [0.2, 0.25) is 0 Å². The van der Waals surface area contributed by atoms with E-state index >= 15 is 0 Å². The first-order valence-corrected chi connectivity index (χ1v) is 10.6. The largest absolute Gasteiger partial charge is 0.394 e. The summed E-state index contributed by atoms with van der Waals surface area (Å²) < 4.78 is 0. The Kier molecular flexibility index (Phi) is 5.39. The summed E-state index contributed by atoms with van der Waals surface area (Å²) in [5, 5.41) is 9.53. The Bertz CT molecular complexity index is 781. The summed E-state index contributed by atoms with van der Waals surface area (Å²) in [7, 11) is 0. The van der Waals surface area contributed by atoms with Crippen LogP contribution in [0.1, 0.15) is 65.8 Å². The van der Waals surface area contributed by atoms with Crippen LogP contribution in [-0.4, -0.2) is 17.3 Å². The molecule has 0 bridgehead atoms. The van der Waals surface area contributed by atoms with Gasteiger partial charge in [-0.05, 0) is 92.4 Å². The molecular formula is C25H33NO. The highest BCUT2D eigenvalue weighted by atomic mass is 16.3. The molecule has 0 heterocycles. The van der Waals surface area contributed by atoms with Crippen molar-refractivity contribution in [3.63, 3.8) is 0 Å². The van der Waals surface area contributed by atoms with E-state index in [4.69, 9.17) is 5.73 Å². The SMILES string of the molecule is Cc1ccc(CCC2CCc3cc(C4CC[C@](N)(CO)C4)ccc3C2)cc1. The number of rotatable bonds is 5. The van der Waals surface area contributed by atoms with Crippen molar-refractivity contribution in [3.8, 4) is 0 Å². The lowest BCUT2D eigenvalue weighted by Crippen LogP contribution is -2.40. The molecule has 2 aliphatic rings. The van der Waals surface area contributed by atoms with Crippen LogP contribution < -0.4 is 5.73 Å². The van der Waals surface area contributed by atoms with E-state index in [1.807, 2.05) is 0 Å². The van der Waals surface area contributed by atoms with Crippen LogP contribution in [-0.2, 0) is 19.3 Å². The number of aliphatic hydroxyl groups excluding tert-OH is 1. The zero-order chi connectivity index (χ0) is 18.9. The lowest BCUT2D eigenvalue weighted by atomic mass is 9.79. The summed E-state index contributed by atoms with van der Waals surface area (Å²) in [6, 6.07) is 16.2. The molecule has 1 saturated carbocycles. The Labute approximate surface area is 163 Å². The summed E-state index contributed by atoms with van der Waals surface area (Å²) in [6.07, 6.45) is 9.19. The van der Waals surface area contributed by atoms with Gasteiger partial charge in [-0.1, -0.05) is 48.0 Å².